The van der Waals surface area contributed by atoms with Gasteiger partial charge in [-0.2, -0.15) is 10.2 Å². The van der Waals surface area contributed by atoms with Gasteiger partial charge >= 0.3 is 0 Å². The normalized spacial score (nSPS) is 10.6. The van der Waals surface area contributed by atoms with Gasteiger partial charge < -0.3 is 14.2 Å². The molecule has 0 aliphatic heterocycles. The van der Waals surface area contributed by atoms with E-state index in [9.17, 15) is 4.79 Å². The van der Waals surface area contributed by atoms with E-state index in [-0.39, 0.29) is 11.9 Å². The highest BCUT2D eigenvalue weighted by Gasteiger charge is 2.19. The Hall–Kier alpha value is -3.66. The van der Waals surface area contributed by atoms with Crippen molar-refractivity contribution in [1.82, 2.24) is 10.1 Å². The summed E-state index contributed by atoms with van der Waals surface area (Å²) >= 11 is 0. The fourth-order valence-corrected chi connectivity index (χ4v) is 3.18. The van der Waals surface area contributed by atoms with E-state index in [0.29, 0.717) is 36.5 Å². The van der Waals surface area contributed by atoms with Crippen LogP contribution in [0.3, 0.4) is 0 Å². The van der Waals surface area contributed by atoms with Crippen LogP contribution in [0.15, 0.2) is 53.1 Å². The SMILES string of the molecule is COc1ccc(-c2noc(CCCC(=O)N(c3cccc(C#N)c3)C(C)C)n2)cc1. The van der Waals surface area contributed by atoms with Crippen molar-refractivity contribution in [1.29, 1.82) is 5.26 Å². The van der Waals surface area contributed by atoms with Gasteiger partial charge in [0.2, 0.25) is 17.6 Å². The van der Waals surface area contributed by atoms with E-state index in [1.165, 1.54) is 0 Å². The minimum Gasteiger partial charge on any atom is -0.497 e. The van der Waals surface area contributed by atoms with Gasteiger partial charge in [-0.05, 0) is 62.7 Å². The lowest BCUT2D eigenvalue weighted by atomic mass is 10.1. The van der Waals surface area contributed by atoms with Gasteiger partial charge in [-0.3, -0.25) is 4.79 Å². The van der Waals surface area contributed by atoms with Gasteiger partial charge in [0.15, 0.2) is 0 Å². The Balaban J connectivity index is 1.60. The first-order chi connectivity index (χ1) is 14.5. The minimum atomic E-state index is -0.0171. The summed E-state index contributed by atoms with van der Waals surface area (Å²) in [5, 5.41) is 13.1. The second kappa shape index (κ2) is 9.70. The van der Waals surface area contributed by atoms with Crippen LogP contribution in [0.1, 0.15) is 38.1 Å². The number of ether oxygens (including phenoxy) is 1. The van der Waals surface area contributed by atoms with Crippen LogP contribution in [0.5, 0.6) is 5.75 Å². The van der Waals surface area contributed by atoms with Gasteiger partial charge in [0.05, 0.1) is 18.7 Å². The summed E-state index contributed by atoms with van der Waals surface area (Å²) in [5.41, 5.74) is 2.10. The molecule has 0 spiro atoms. The van der Waals surface area contributed by atoms with Crippen molar-refractivity contribution in [3.8, 4) is 23.2 Å². The van der Waals surface area contributed by atoms with E-state index in [2.05, 4.69) is 16.2 Å². The first kappa shape index (κ1) is 21.1. The number of aromatic nitrogens is 2. The van der Waals surface area contributed by atoms with Crippen LogP contribution in [-0.2, 0) is 11.2 Å². The monoisotopic (exact) mass is 404 g/mol. The standard InChI is InChI=1S/C23H24N4O3/c1-16(2)27(19-7-4-6-17(14-19)15-24)22(28)9-5-8-21-25-23(26-30-21)18-10-12-20(29-3)13-11-18/h4,6-7,10-14,16H,5,8-9H2,1-3H3. The summed E-state index contributed by atoms with van der Waals surface area (Å²) in [6, 6.07) is 16.6. The predicted molar refractivity (Wildman–Crippen MR) is 113 cm³/mol. The first-order valence-corrected chi connectivity index (χ1v) is 9.81. The Morgan fingerprint density at radius 1 is 1.23 bits per heavy atom. The van der Waals surface area contributed by atoms with Gasteiger partial charge in [0, 0.05) is 30.1 Å². The van der Waals surface area contributed by atoms with E-state index in [4.69, 9.17) is 14.5 Å². The number of nitrogens with zero attached hydrogens (tertiary/aromatic N) is 4. The van der Waals surface area contributed by atoms with E-state index in [1.807, 2.05) is 44.2 Å². The Bertz CT molecular complexity index is 1040. The number of benzene rings is 2. The molecule has 3 aromatic rings. The zero-order valence-corrected chi connectivity index (χ0v) is 17.3. The lowest BCUT2D eigenvalue weighted by Gasteiger charge is -2.27. The van der Waals surface area contributed by atoms with Crippen LogP contribution in [0, 0.1) is 11.3 Å². The molecule has 0 unspecified atom stereocenters. The van der Waals surface area contributed by atoms with Crippen molar-refractivity contribution in [3.63, 3.8) is 0 Å². The Morgan fingerprint density at radius 3 is 2.67 bits per heavy atom. The molecule has 0 aliphatic carbocycles. The number of carbonyl (C=O) groups excluding carboxylic acids is 1. The summed E-state index contributed by atoms with van der Waals surface area (Å²) in [6.45, 7) is 3.91. The van der Waals surface area contributed by atoms with Crippen LogP contribution in [-0.4, -0.2) is 29.2 Å². The number of carbonyl (C=O) groups is 1. The van der Waals surface area contributed by atoms with Crippen molar-refractivity contribution < 1.29 is 14.1 Å². The topological polar surface area (TPSA) is 92.3 Å². The number of hydrogen-bond acceptors (Lipinski definition) is 6. The van der Waals surface area contributed by atoms with Crippen molar-refractivity contribution in [3.05, 3.63) is 60.0 Å². The van der Waals surface area contributed by atoms with Crippen molar-refractivity contribution in [2.24, 2.45) is 0 Å². The highest BCUT2D eigenvalue weighted by molar-refractivity contribution is 5.94. The smallest absolute Gasteiger partial charge is 0.227 e. The van der Waals surface area contributed by atoms with Crippen LogP contribution in [0.2, 0.25) is 0 Å². The molecule has 2 aromatic carbocycles. The molecule has 0 saturated heterocycles. The Labute approximate surface area is 175 Å². The molecule has 0 aliphatic rings. The zero-order chi connectivity index (χ0) is 21.5. The Morgan fingerprint density at radius 2 is 2.00 bits per heavy atom. The molecule has 0 atom stereocenters. The largest absolute Gasteiger partial charge is 0.497 e. The van der Waals surface area contributed by atoms with Crippen molar-refractivity contribution in [2.75, 3.05) is 12.0 Å². The molecule has 1 heterocycles. The number of hydrogen-bond donors (Lipinski definition) is 0. The van der Waals surface area contributed by atoms with Crippen LogP contribution >= 0.6 is 0 Å². The fourth-order valence-electron chi connectivity index (χ4n) is 3.18. The summed E-state index contributed by atoms with van der Waals surface area (Å²) < 4.78 is 10.5. The molecule has 0 radical (unpaired) electrons. The van der Waals surface area contributed by atoms with Crippen molar-refractivity contribution >= 4 is 11.6 Å². The third kappa shape index (κ3) is 5.03. The number of nitriles is 1. The number of methoxy groups -OCH3 is 1. The second-order valence-electron chi connectivity index (χ2n) is 7.11. The maximum atomic E-state index is 12.8. The average molecular weight is 404 g/mol. The summed E-state index contributed by atoms with van der Waals surface area (Å²) in [6.07, 6.45) is 1.44. The minimum absolute atomic E-state index is 0.00465. The summed E-state index contributed by atoms with van der Waals surface area (Å²) in [5.74, 6) is 1.76. The number of aryl methyl sites for hydroxylation is 1. The molecule has 0 bridgehead atoms. The molecule has 0 fully saturated rings. The van der Waals surface area contributed by atoms with E-state index >= 15 is 0 Å². The summed E-state index contributed by atoms with van der Waals surface area (Å²) in [7, 11) is 1.61. The van der Waals surface area contributed by atoms with Gasteiger partial charge in [-0.15, -0.1) is 0 Å². The molecule has 1 aromatic heterocycles. The third-order valence-corrected chi connectivity index (χ3v) is 4.64. The molecular weight excluding hydrogens is 380 g/mol. The second-order valence-corrected chi connectivity index (χ2v) is 7.11. The molecule has 154 valence electrons. The highest BCUT2D eigenvalue weighted by Crippen LogP contribution is 2.22. The van der Waals surface area contributed by atoms with E-state index < -0.39 is 0 Å². The van der Waals surface area contributed by atoms with Gasteiger partial charge in [0.1, 0.15) is 5.75 Å². The van der Waals surface area contributed by atoms with Gasteiger partial charge in [-0.25, -0.2) is 0 Å². The fraction of sp³-hybridized carbons (Fsp3) is 0.304. The van der Waals surface area contributed by atoms with E-state index in [0.717, 1.165) is 17.0 Å². The maximum Gasteiger partial charge on any atom is 0.227 e. The summed E-state index contributed by atoms with van der Waals surface area (Å²) in [4.78, 5) is 19.0. The quantitative estimate of drug-likeness (QED) is 0.553. The molecule has 7 heteroatoms. The van der Waals surface area contributed by atoms with Crippen LogP contribution in [0.25, 0.3) is 11.4 Å². The zero-order valence-electron chi connectivity index (χ0n) is 17.3. The molecule has 30 heavy (non-hydrogen) atoms. The molecular formula is C23H24N4O3. The average Bonchev–Trinajstić information content (AvgIpc) is 3.22. The molecule has 0 saturated carbocycles. The number of anilines is 1. The lowest BCUT2D eigenvalue weighted by Crippen LogP contribution is -2.37. The predicted octanol–water partition coefficient (Wildman–Crippen LogP) is 4.38. The van der Waals surface area contributed by atoms with Gasteiger partial charge in [0.25, 0.3) is 0 Å². The molecule has 0 N–H and O–H groups in total. The van der Waals surface area contributed by atoms with Crippen LogP contribution < -0.4 is 9.64 Å². The van der Waals surface area contributed by atoms with Crippen molar-refractivity contribution in [2.45, 2.75) is 39.2 Å². The third-order valence-electron chi connectivity index (χ3n) is 4.64. The first-order valence-electron chi connectivity index (χ1n) is 9.81. The van der Waals surface area contributed by atoms with Gasteiger partial charge in [-0.1, -0.05) is 11.2 Å². The molecule has 7 nitrogen and oxygen atoms in total. The number of rotatable bonds is 8. The Kier molecular flexibility index (Phi) is 6.81. The van der Waals surface area contributed by atoms with Crippen LogP contribution in [0.4, 0.5) is 5.69 Å². The number of amides is 1. The lowest BCUT2D eigenvalue weighted by molar-refractivity contribution is -0.119. The molecule has 1 amide bonds. The maximum absolute atomic E-state index is 12.8. The van der Waals surface area contributed by atoms with E-state index in [1.54, 1.807) is 30.2 Å². The molecule has 3 rings (SSSR count). The highest BCUT2D eigenvalue weighted by atomic mass is 16.5.